The molecule has 0 saturated heterocycles. The highest BCUT2D eigenvalue weighted by Crippen LogP contribution is 2.35. The van der Waals surface area contributed by atoms with Crippen LogP contribution in [0.15, 0.2) is 60.2 Å². The van der Waals surface area contributed by atoms with Crippen molar-refractivity contribution in [3.8, 4) is 17.6 Å². The Morgan fingerprint density at radius 2 is 1.69 bits per heavy atom. The minimum atomic E-state index is -0.576. The molecule has 0 unspecified atom stereocenters. The fourth-order valence-electron chi connectivity index (χ4n) is 2.92. The number of rotatable bonds is 8. The Morgan fingerprint density at radius 1 is 1.00 bits per heavy atom. The van der Waals surface area contributed by atoms with E-state index in [9.17, 15) is 14.9 Å². The number of benzene rings is 3. The molecule has 0 spiro atoms. The number of amides is 2. The number of ether oxygens (including phenoxy) is 2. The third-order valence-electron chi connectivity index (χ3n) is 4.58. The Kier molecular flexibility index (Phi) is 9.84. The van der Waals surface area contributed by atoms with Crippen molar-refractivity contribution < 1.29 is 19.1 Å². The van der Waals surface area contributed by atoms with E-state index in [1.165, 1.54) is 19.3 Å². The van der Waals surface area contributed by atoms with E-state index in [0.717, 1.165) is 0 Å². The van der Waals surface area contributed by atoms with E-state index in [-0.39, 0.29) is 12.2 Å². The van der Waals surface area contributed by atoms with Gasteiger partial charge in [-0.05, 0) is 88.8 Å². The summed E-state index contributed by atoms with van der Waals surface area (Å²) in [6.07, 6.45) is 1.43. The molecule has 2 N–H and O–H groups in total. The largest absolute Gasteiger partial charge is 0.493 e. The van der Waals surface area contributed by atoms with Crippen LogP contribution in [0.25, 0.3) is 6.08 Å². The molecule has 0 radical (unpaired) electrons. The van der Waals surface area contributed by atoms with Gasteiger partial charge < -0.3 is 20.1 Å². The van der Waals surface area contributed by atoms with E-state index < -0.39 is 11.8 Å². The number of halogens is 4. The number of nitrogens with one attached hydrogen (secondary N) is 2. The molecule has 0 bridgehead atoms. The Labute approximate surface area is 236 Å². The lowest BCUT2D eigenvalue weighted by atomic mass is 10.1. The maximum Gasteiger partial charge on any atom is 0.266 e. The van der Waals surface area contributed by atoms with Gasteiger partial charge in [-0.15, -0.1) is 0 Å². The van der Waals surface area contributed by atoms with Crippen LogP contribution in [0.1, 0.15) is 5.56 Å². The molecule has 36 heavy (non-hydrogen) atoms. The fourth-order valence-corrected chi connectivity index (χ4v) is 4.12. The molecule has 2 amide bonds. The standard InChI is InChI=1S/C25H17Cl3IN3O4/c1-35-22-10-14(8-15(12-30)25(34)32-17-4-2-16(26)3-5-17)9-21(29)24(22)36-13-23(33)31-18-6-7-19(27)20(28)11-18/h2-11H,13H2,1H3,(H,31,33)(H,32,34)/b15-8-. The zero-order chi connectivity index (χ0) is 26.2. The summed E-state index contributed by atoms with van der Waals surface area (Å²) in [5, 5.41) is 16.0. The van der Waals surface area contributed by atoms with Crippen LogP contribution in [0.5, 0.6) is 11.5 Å². The Balaban J connectivity index is 1.73. The van der Waals surface area contributed by atoms with Crippen LogP contribution in [0.2, 0.25) is 15.1 Å². The molecular formula is C25H17Cl3IN3O4. The molecule has 0 aliphatic carbocycles. The predicted octanol–water partition coefficient (Wildman–Crippen LogP) is 6.82. The second-order valence-corrected chi connectivity index (χ2v) is 9.54. The molecule has 3 rings (SSSR count). The normalized spacial score (nSPS) is 10.8. The molecule has 0 fully saturated rings. The first-order valence-electron chi connectivity index (χ1n) is 10.1. The van der Waals surface area contributed by atoms with Crippen LogP contribution in [0.4, 0.5) is 11.4 Å². The summed E-state index contributed by atoms with van der Waals surface area (Å²) in [5.41, 5.74) is 1.39. The van der Waals surface area contributed by atoms with Crippen molar-refractivity contribution in [3.05, 3.63) is 84.4 Å². The molecule has 0 aliphatic heterocycles. The summed E-state index contributed by atoms with van der Waals surface area (Å²) in [5.74, 6) is -0.330. The smallest absolute Gasteiger partial charge is 0.266 e. The highest BCUT2D eigenvalue weighted by molar-refractivity contribution is 14.1. The van der Waals surface area contributed by atoms with Gasteiger partial charge in [0.05, 0.1) is 20.7 Å². The number of methoxy groups -OCH3 is 1. The maximum atomic E-state index is 12.6. The molecule has 0 heterocycles. The summed E-state index contributed by atoms with van der Waals surface area (Å²) >= 11 is 19.7. The number of nitrogens with zero attached hydrogens (tertiary/aromatic N) is 1. The van der Waals surface area contributed by atoms with Gasteiger partial charge in [-0.1, -0.05) is 34.8 Å². The number of carbonyl (C=O) groups is 2. The average Bonchev–Trinajstić information content (AvgIpc) is 2.85. The van der Waals surface area contributed by atoms with Crippen molar-refractivity contribution in [2.45, 2.75) is 0 Å². The molecule has 0 aliphatic rings. The summed E-state index contributed by atoms with van der Waals surface area (Å²) in [6.45, 7) is -0.297. The van der Waals surface area contributed by atoms with Gasteiger partial charge >= 0.3 is 0 Å². The number of hydrogen-bond acceptors (Lipinski definition) is 5. The SMILES string of the molecule is COc1cc(/C=C(/C#N)C(=O)Nc2ccc(Cl)cc2)cc(I)c1OCC(=O)Nc1ccc(Cl)c(Cl)c1. The Morgan fingerprint density at radius 3 is 2.33 bits per heavy atom. The molecule has 0 atom stereocenters. The summed E-state index contributed by atoms with van der Waals surface area (Å²) < 4.78 is 11.7. The summed E-state index contributed by atoms with van der Waals surface area (Å²) in [6, 6.07) is 16.4. The molecule has 11 heteroatoms. The van der Waals surface area contributed by atoms with E-state index in [1.807, 2.05) is 28.7 Å². The van der Waals surface area contributed by atoms with Crippen molar-refractivity contribution in [1.29, 1.82) is 5.26 Å². The van der Waals surface area contributed by atoms with Crippen LogP contribution >= 0.6 is 57.4 Å². The van der Waals surface area contributed by atoms with Gasteiger partial charge in [-0.25, -0.2) is 0 Å². The fraction of sp³-hybridized carbons (Fsp3) is 0.0800. The molecule has 3 aromatic carbocycles. The molecule has 0 aromatic heterocycles. The molecular weight excluding hydrogens is 640 g/mol. The van der Waals surface area contributed by atoms with Crippen molar-refractivity contribution >= 4 is 86.7 Å². The van der Waals surface area contributed by atoms with Crippen LogP contribution < -0.4 is 20.1 Å². The lowest BCUT2D eigenvalue weighted by Crippen LogP contribution is -2.20. The van der Waals surface area contributed by atoms with E-state index >= 15 is 0 Å². The molecule has 184 valence electrons. The van der Waals surface area contributed by atoms with Gasteiger partial charge in [0.1, 0.15) is 11.6 Å². The van der Waals surface area contributed by atoms with Gasteiger partial charge in [0, 0.05) is 16.4 Å². The van der Waals surface area contributed by atoms with Crippen molar-refractivity contribution in [1.82, 2.24) is 0 Å². The summed E-state index contributed by atoms with van der Waals surface area (Å²) in [4.78, 5) is 24.9. The first-order chi connectivity index (χ1) is 17.2. The maximum absolute atomic E-state index is 12.6. The third kappa shape index (κ3) is 7.51. The number of carbonyl (C=O) groups excluding carboxylic acids is 2. The zero-order valence-corrected chi connectivity index (χ0v) is 23.0. The minimum absolute atomic E-state index is 0.113. The highest BCUT2D eigenvalue weighted by atomic mass is 127. The predicted molar refractivity (Wildman–Crippen MR) is 150 cm³/mol. The van der Waals surface area contributed by atoms with E-state index in [1.54, 1.807) is 48.5 Å². The quantitative estimate of drug-likeness (QED) is 0.158. The Hall–Kier alpha value is -2.97. The second kappa shape index (κ2) is 12.8. The van der Waals surface area contributed by atoms with Crippen LogP contribution in [-0.4, -0.2) is 25.5 Å². The van der Waals surface area contributed by atoms with E-state index in [2.05, 4.69) is 10.6 Å². The minimum Gasteiger partial charge on any atom is -0.493 e. The van der Waals surface area contributed by atoms with E-state index in [4.69, 9.17) is 44.3 Å². The third-order valence-corrected chi connectivity index (χ3v) is 6.37. The van der Waals surface area contributed by atoms with Crippen LogP contribution in [-0.2, 0) is 9.59 Å². The van der Waals surface area contributed by atoms with Crippen molar-refractivity contribution in [3.63, 3.8) is 0 Å². The van der Waals surface area contributed by atoms with Gasteiger partial charge in [0.2, 0.25) is 0 Å². The average molecular weight is 657 g/mol. The first kappa shape index (κ1) is 27.6. The van der Waals surface area contributed by atoms with Crippen molar-refractivity contribution in [2.24, 2.45) is 0 Å². The lowest BCUT2D eigenvalue weighted by molar-refractivity contribution is -0.118. The van der Waals surface area contributed by atoms with Crippen LogP contribution in [0, 0.1) is 14.9 Å². The molecule has 3 aromatic rings. The lowest BCUT2D eigenvalue weighted by Gasteiger charge is -2.14. The van der Waals surface area contributed by atoms with E-state index in [0.29, 0.717) is 47.1 Å². The molecule has 0 saturated carbocycles. The van der Waals surface area contributed by atoms with Gasteiger partial charge in [-0.2, -0.15) is 5.26 Å². The topological polar surface area (TPSA) is 100 Å². The van der Waals surface area contributed by atoms with Gasteiger partial charge in [0.25, 0.3) is 11.8 Å². The van der Waals surface area contributed by atoms with Crippen LogP contribution in [0.3, 0.4) is 0 Å². The Bertz CT molecular complexity index is 1370. The molecule has 7 nitrogen and oxygen atoms in total. The zero-order valence-electron chi connectivity index (χ0n) is 18.6. The van der Waals surface area contributed by atoms with Gasteiger partial charge in [0.15, 0.2) is 18.1 Å². The highest BCUT2D eigenvalue weighted by Gasteiger charge is 2.16. The monoisotopic (exact) mass is 655 g/mol. The first-order valence-corrected chi connectivity index (χ1v) is 12.4. The second-order valence-electron chi connectivity index (χ2n) is 7.13. The summed E-state index contributed by atoms with van der Waals surface area (Å²) in [7, 11) is 1.44. The van der Waals surface area contributed by atoms with Crippen molar-refractivity contribution in [2.75, 3.05) is 24.4 Å². The van der Waals surface area contributed by atoms with Gasteiger partial charge in [-0.3, -0.25) is 9.59 Å². The number of hydrogen-bond donors (Lipinski definition) is 2. The number of nitriles is 1. The number of anilines is 2.